The number of rotatable bonds is 4. The third-order valence-corrected chi connectivity index (χ3v) is 1.90. The Balaban J connectivity index is 0.00000225. The molecule has 2 N–H and O–H groups in total. The molecular weight excluding hydrogens is 230 g/mol. The lowest BCUT2D eigenvalue weighted by atomic mass is 10.1. The van der Waals surface area contributed by atoms with Gasteiger partial charge < -0.3 is 10.5 Å². The van der Waals surface area contributed by atoms with Crippen LogP contribution in [0.2, 0.25) is 0 Å². The van der Waals surface area contributed by atoms with Gasteiger partial charge in [0.1, 0.15) is 0 Å². The van der Waals surface area contributed by atoms with Gasteiger partial charge in [0.25, 0.3) is 0 Å². The van der Waals surface area contributed by atoms with Crippen molar-refractivity contribution < 1.29 is 14.3 Å². The molecule has 0 saturated heterocycles. The molecule has 0 aliphatic heterocycles. The van der Waals surface area contributed by atoms with Crippen LogP contribution in [0, 0.1) is 0 Å². The maximum absolute atomic E-state index is 11.3. The van der Waals surface area contributed by atoms with E-state index in [1.54, 1.807) is 31.2 Å². The van der Waals surface area contributed by atoms with Crippen molar-refractivity contribution in [3.05, 3.63) is 35.4 Å². The van der Waals surface area contributed by atoms with Crippen LogP contribution in [0.15, 0.2) is 24.3 Å². The zero-order valence-electron chi connectivity index (χ0n) is 8.93. The number of halogens is 1. The summed E-state index contributed by atoms with van der Waals surface area (Å²) >= 11 is 0. The second kappa shape index (κ2) is 6.98. The van der Waals surface area contributed by atoms with Gasteiger partial charge in [-0.05, 0) is 19.1 Å². The molecule has 0 fully saturated rings. The maximum atomic E-state index is 11.3. The van der Waals surface area contributed by atoms with E-state index in [0.717, 1.165) is 0 Å². The highest BCUT2D eigenvalue weighted by Gasteiger charge is 2.07. The highest BCUT2D eigenvalue weighted by atomic mass is 35.5. The van der Waals surface area contributed by atoms with Gasteiger partial charge in [0, 0.05) is 5.56 Å². The fourth-order valence-electron chi connectivity index (χ4n) is 1.12. The van der Waals surface area contributed by atoms with Gasteiger partial charge in [-0.15, -0.1) is 12.4 Å². The number of ketones is 1. The molecule has 0 aliphatic carbocycles. The highest BCUT2D eigenvalue weighted by molar-refractivity contribution is 5.98. The van der Waals surface area contributed by atoms with Gasteiger partial charge in [0.2, 0.25) is 0 Å². The second-order valence-electron chi connectivity index (χ2n) is 2.93. The molecule has 5 heteroatoms. The van der Waals surface area contributed by atoms with E-state index < -0.39 is 0 Å². The highest BCUT2D eigenvalue weighted by Crippen LogP contribution is 2.06. The Hall–Kier alpha value is -1.39. The Morgan fingerprint density at radius 1 is 1.19 bits per heavy atom. The first-order chi connectivity index (χ1) is 7.19. The van der Waals surface area contributed by atoms with E-state index in [0.29, 0.717) is 17.7 Å². The number of nitrogens with two attached hydrogens (primary N) is 1. The molecule has 0 unspecified atom stereocenters. The summed E-state index contributed by atoms with van der Waals surface area (Å²) in [6.45, 7) is 2.05. The number of carbonyl (C=O) groups is 2. The van der Waals surface area contributed by atoms with Crippen LogP contribution in [0.3, 0.4) is 0 Å². The summed E-state index contributed by atoms with van der Waals surface area (Å²) in [7, 11) is 0. The van der Waals surface area contributed by atoms with E-state index in [2.05, 4.69) is 0 Å². The number of hydrogen-bond acceptors (Lipinski definition) is 4. The van der Waals surface area contributed by atoms with Crippen LogP contribution in [0.4, 0.5) is 0 Å². The molecule has 0 aromatic heterocycles. The van der Waals surface area contributed by atoms with Crippen LogP contribution in [0.5, 0.6) is 0 Å². The van der Waals surface area contributed by atoms with Crippen molar-refractivity contribution in [2.75, 3.05) is 13.2 Å². The van der Waals surface area contributed by atoms with Gasteiger partial charge in [0.05, 0.1) is 18.7 Å². The van der Waals surface area contributed by atoms with E-state index >= 15 is 0 Å². The third kappa shape index (κ3) is 3.64. The van der Waals surface area contributed by atoms with Gasteiger partial charge >= 0.3 is 5.97 Å². The molecule has 0 spiro atoms. The van der Waals surface area contributed by atoms with Crippen molar-refractivity contribution in [3.8, 4) is 0 Å². The lowest BCUT2D eigenvalue weighted by molar-refractivity contribution is 0.0526. The quantitative estimate of drug-likeness (QED) is 0.642. The van der Waals surface area contributed by atoms with Gasteiger partial charge in [0.15, 0.2) is 5.78 Å². The Kier molecular flexibility index (Phi) is 6.37. The molecule has 0 heterocycles. The zero-order valence-corrected chi connectivity index (χ0v) is 9.75. The standard InChI is InChI=1S/C11H13NO3.ClH/c1-2-15-11(14)9-5-3-8(4-6-9)10(13)7-12;/h3-6H,2,7,12H2,1H3;1H. The predicted molar refractivity (Wildman–Crippen MR) is 63.0 cm³/mol. The molecule has 0 saturated carbocycles. The second-order valence-corrected chi connectivity index (χ2v) is 2.93. The largest absolute Gasteiger partial charge is 0.462 e. The van der Waals surface area contributed by atoms with Crippen LogP contribution < -0.4 is 5.73 Å². The monoisotopic (exact) mass is 243 g/mol. The first-order valence-electron chi connectivity index (χ1n) is 4.69. The first-order valence-corrected chi connectivity index (χ1v) is 4.69. The van der Waals surface area contributed by atoms with Crippen molar-refractivity contribution in [2.45, 2.75) is 6.92 Å². The summed E-state index contributed by atoms with van der Waals surface area (Å²) < 4.78 is 4.81. The summed E-state index contributed by atoms with van der Waals surface area (Å²) in [4.78, 5) is 22.4. The van der Waals surface area contributed by atoms with Crippen LogP contribution in [-0.4, -0.2) is 24.9 Å². The van der Waals surface area contributed by atoms with Crippen molar-refractivity contribution in [1.82, 2.24) is 0 Å². The Morgan fingerprint density at radius 2 is 1.69 bits per heavy atom. The lowest BCUT2D eigenvalue weighted by Gasteiger charge is -2.02. The molecule has 0 radical (unpaired) electrons. The smallest absolute Gasteiger partial charge is 0.338 e. The lowest BCUT2D eigenvalue weighted by Crippen LogP contribution is -2.13. The van der Waals surface area contributed by atoms with Gasteiger partial charge in [-0.2, -0.15) is 0 Å². The summed E-state index contributed by atoms with van der Waals surface area (Å²) in [5, 5.41) is 0. The van der Waals surface area contributed by atoms with Gasteiger partial charge in [-0.25, -0.2) is 4.79 Å². The number of benzene rings is 1. The average molecular weight is 244 g/mol. The summed E-state index contributed by atoms with van der Waals surface area (Å²) in [5.74, 6) is -0.533. The van der Waals surface area contributed by atoms with Gasteiger partial charge in [-0.1, -0.05) is 12.1 Å². The van der Waals surface area contributed by atoms with Crippen molar-refractivity contribution in [2.24, 2.45) is 5.73 Å². The molecule has 16 heavy (non-hydrogen) atoms. The summed E-state index contributed by atoms with van der Waals surface area (Å²) in [6, 6.07) is 6.25. The molecule has 0 atom stereocenters. The third-order valence-electron chi connectivity index (χ3n) is 1.90. The molecule has 88 valence electrons. The number of esters is 1. The average Bonchev–Trinajstić information content (AvgIpc) is 2.28. The Labute approximate surface area is 100 Å². The summed E-state index contributed by atoms with van der Waals surface area (Å²) in [6.07, 6.45) is 0. The van der Waals surface area contributed by atoms with E-state index in [4.69, 9.17) is 10.5 Å². The molecule has 1 aromatic carbocycles. The topological polar surface area (TPSA) is 69.4 Å². The number of hydrogen-bond donors (Lipinski definition) is 1. The minimum absolute atomic E-state index is 0. The SMILES string of the molecule is CCOC(=O)c1ccc(C(=O)CN)cc1.Cl. The molecule has 1 aromatic rings. The van der Waals surface area contributed by atoms with E-state index in [-0.39, 0.29) is 30.7 Å². The van der Waals surface area contributed by atoms with Crippen molar-refractivity contribution in [1.29, 1.82) is 0 Å². The van der Waals surface area contributed by atoms with Crippen LogP contribution in [0.1, 0.15) is 27.6 Å². The van der Waals surface area contributed by atoms with E-state index in [9.17, 15) is 9.59 Å². The molecule has 4 nitrogen and oxygen atoms in total. The normalized spacial score (nSPS) is 9.12. The van der Waals surface area contributed by atoms with E-state index in [1.807, 2.05) is 0 Å². The number of Topliss-reactive ketones (excluding diaryl/α,β-unsaturated/α-hetero) is 1. The summed E-state index contributed by atoms with van der Waals surface area (Å²) in [5.41, 5.74) is 6.15. The van der Waals surface area contributed by atoms with Crippen molar-refractivity contribution in [3.63, 3.8) is 0 Å². The van der Waals surface area contributed by atoms with E-state index in [1.165, 1.54) is 0 Å². The van der Waals surface area contributed by atoms with Crippen LogP contribution >= 0.6 is 12.4 Å². The number of carbonyl (C=O) groups excluding carboxylic acids is 2. The fourth-order valence-corrected chi connectivity index (χ4v) is 1.12. The molecule has 0 bridgehead atoms. The Bertz CT molecular complexity index is 362. The minimum Gasteiger partial charge on any atom is -0.462 e. The first kappa shape index (κ1) is 14.6. The zero-order chi connectivity index (χ0) is 11.3. The predicted octanol–water partition coefficient (Wildman–Crippen LogP) is 1.43. The number of ether oxygens (including phenoxy) is 1. The Morgan fingerprint density at radius 3 is 2.12 bits per heavy atom. The fraction of sp³-hybridized carbons (Fsp3) is 0.273. The van der Waals surface area contributed by atoms with Crippen molar-refractivity contribution >= 4 is 24.2 Å². The van der Waals surface area contributed by atoms with Crippen LogP contribution in [0.25, 0.3) is 0 Å². The van der Waals surface area contributed by atoms with Crippen LogP contribution in [-0.2, 0) is 4.74 Å². The maximum Gasteiger partial charge on any atom is 0.338 e. The molecule has 1 rings (SSSR count). The van der Waals surface area contributed by atoms with Gasteiger partial charge in [-0.3, -0.25) is 4.79 Å². The molecular formula is C11H14ClNO3. The minimum atomic E-state index is -0.385. The molecule has 0 aliphatic rings. The molecule has 0 amide bonds.